The van der Waals surface area contributed by atoms with Crippen molar-refractivity contribution in [2.24, 2.45) is 5.92 Å². The molecule has 0 aromatic heterocycles. The first kappa shape index (κ1) is 16.8. The van der Waals surface area contributed by atoms with E-state index in [2.05, 4.69) is 88.0 Å². The first-order valence-electron chi connectivity index (χ1n) is 9.53. The Morgan fingerprint density at radius 1 is 0.846 bits per heavy atom. The topological polar surface area (TPSA) is 0 Å². The van der Waals surface area contributed by atoms with Gasteiger partial charge in [-0.2, -0.15) is 0 Å². The third kappa shape index (κ3) is 2.80. The Bertz CT molecular complexity index is 989. The van der Waals surface area contributed by atoms with Crippen molar-refractivity contribution in [2.75, 3.05) is 0 Å². The molecule has 0 amide bonds. The second-order valence-electron chi connectivity index (χ2n) is 7.77. The molecule has 0 fully saturated rings. The highest BCUT2D eigenvalue weighted by molar-refractivity contribution is 5.92. The number of hydrogen-bond donors (Lipinski definition) is 0. The summed E-state index contributed by atoms with van der Waals surface area (Å²) >= 11 is 0. The Morgan fingerprint density at radius 3 is 2.31 bits per heavy atom. The first-order valence-corrected chi connectivity index (χ1v) is 9.53. The van der Waals surface area contributed by atoms with Gasteiger partial charge in [-0.1, -0.05) is 86.7 Å². The van der Waals surface area contributed by atoms with Gasteiger partial charge in [-0.15, -0.1) is 0 Å². The lowest BCUT2D eigenvalue weighted by Gasteiger charge is -2.18. The van der Waals surface area contributed by atoms with Gasteiger partial charge in [0.1, 0.15) is 0 Å². The predicted molar refractivity (Wildman–Crippen MR) is 113 cm³/mol. The van der Waals surface area contributed by atoms with Crippen LogP contribution in [0, 0.1) is 12.8 Å². The molecule has 0 unspecified atom stereocenters. The maximum absolute atomic E-state index is 4.32. The van der Waals surface area contributed by atoms with Crippen LogP contribution in [0.5, 0.6) is 0 Å². The fourth-order valence-electron chi connectivity index (χ4n) is 4.04. The lowest BCUT2D eigenvalue weighted by molar-refractivity contribution is 0.745. The molecular weight excluding hydrogens is 312 g/mol. The van der Waals surface area contributed by atoms with Crippen LogP contribution in [-0.4, -0.2) is 0 Å². The van der Waals surface area contributed by atoms with Gasteiger partial charge in [0.25, 0.3) is 0 Å². The Kier molecular flexibility index (Phi) is 4.28. The van der Waals surface area contributed by atoms with Gasteiger partial charge in [0.2, 0.25) is 0 Å². The predicted octanol–water partition coefficient (Wildman–Crippen LogP) is 6.99. The molecule has 4 rings (SSSR count). The van der Waals surface area contributed by atoms with Crippen LogP contribution in [0.15, 0.2) is 72.8 Å². The number of allylic oxidation sites excluding steroid dienone is 1. The van der Waals surface area contributed by atoms with Crippen molar-refractivity contribution in [2.45, 2.75) is 33.6 Å². The minimum absolute atomic E-state index is 0.506. The van der Waals surface area contributed by atoms with Crippen LogP contribution in [0.25, 0.3) is 22.3 Å². The lowest BCUT2D eigenvalue weighted by Crippen LogP contribution is -2.00. The van der Waals surface area contributed by atoms with Gasteiger partial charge in [0.05, 0.1) is 0 Å². The van der Waals surface area contributed by atoms with E-state index in [-0.39, 0.29) is 0 Å². The Morgan fingerprint density at radius 2 is 1.54 bits per heavy atom. The molecule has 0 bridgehead atoms. The lowest BCUT2D eigenvalue weighted by atomic mass is 9.86. The van der Waals surface area contributed by atoms with Crippen molar-refractivity contribution in [1.82, 2.24) is 0 Å². The summed E-state index contributed by atoms with van der Waals surface area (Å²) in [6, 6.07) is 22.3. The van der Waals surface area contributed by atoms with Crippen molar-refractivity contribution in [3.05, 3.63) is 95.1 Å². The van der Waals surface area contributed by atoms with Crippen LogP contribution in [0.3, 0.4) is 0 Å². The molecule has 3 aromatic rings. The van der Waals surface area contributed by atoms with Crippen LogP contribution in [-0.2, 0) is 12.8 Å². The molecule has 0 saturated carbocycles. The van der Waals surface area contributed by atoms with E-state index >= 15 is 0 Å². The summed E-state index contributed by atoms with van der Waals surface area (Å²) in [5, 5.41) is 0. The van der Waals surface area contributed by atoms with E-state index in [9.17, 15) is 0 Å². The van der Waals surface area contributed by atoms with E-state index in [0.29, 0.717) is 5.92 Å². The van der Waals surface area contributed by atoms with Gasteiger partial charge in [0.15, 0.2) is 0 Å². The molecule has 26 heavy (non-hydrogen) atoms. The molecule has 3 aromatic carbocycles. The zero-order valence-electron chi connectivity index (χ0n) is 16.0. The molecule has 130 valence electrons. The molecule has 0 spiro atoms. The molecule has 1 aliphatic carbocycles. The minimum atomic E-state index is 0.506. The van der Waals surface area contributed by atoms with Crippen molar-refractivity contribution in [1.29, 1.82) is 0 Å². The van der Waals surface area contributed by atoms with Crippen molar-refractivity contribution in [3.63, 3.8) is 0 Å². The van der Waals surface area contributed by atoms with Gasteiger partial charge < -0.3 is 0 Å². The molecule has 1 aliphatic rings. The first-order chi connectivity index (χ1) is 12.6. The number of benzene rings is 3. The van der Waals surface area contributed by atoms with Gasteiger partial charge >= 0.3 is 0 Å². The quantitative estimate of drug-likeness (QED) is 0.352. The molecule has 0 atom stereocenters. The standard InChI is InChI=1S/C26H26/c1-17(2)19(4)15-20-9-5-7-11-23(20)25-18(3)13-14-22-16-21-10-6-8-12-24(21)26(22)25/h5-14,17H,4,15-16H2,1-3H3. The highest BCUT2D eigenvalue weighted by Gasteiger charge is 2.24. The highest BCUT2D eigenvalue weighted by atomic mass is 14.3. The van der Waals surface area contributed by atoms with E-state index in [1.54, 1.807) is 0 Å². The van der Waals surface area contributed by atoms with Gasteiger partial charge in [-0.3, -0.25) is 0 Å². The zero-order valence-corrected chi connectivity index (χ0v) is 16.0. The minimum Gasteiger partial charge on any atom is -0.0993 e. The van der Waals surface area contributed by atoms with Crippen LogP contribution < -0.4 is 0 Å². The maximum Gasteiger partial charge on any atom is -0.00132 e. The highest BCUT2D eigenvalue weighted by Crippen LogP contribution is 2.45. The van der Waals surface area contributed by atoms with E-state index in [4.69, 9.17) is 0 Å². The van der Waals surface area contributed by atoms with E-state index in [1.165, 1.54) is 50.1 Å². The van der Waals surface area contributed by atoms with Crippen LogP contribution in [0.1, 0.15) is 36.1 Å². The summed E-state index contributed by atoms with van der Waals surface area (Å²) < 4.78 is 0. The number of hydrogen-bond acceptors (Lipinski definition) is 0. The summed E-state index contributed by atoms with van der Waals surface area (Å²) in [4.78, 5) is 0. The second-order valence-corrected chi connectivity index (χ2v) is 7.77. The Balaban J connectivity index is 1.92. The largest absolute Gasteiger partial charge is 0.0993 e. The van der Waals surface area contributed by atoms with Crippen molar-refractivity contribution < 1.29 is 0 Å². The third-order valence-electron chi connectivity index (χ3n) is 5.69. The van der Waals surface area contributed by atoms with E-state index in [0.717, 1.165) is 12.8 Å². The van der Waals surface area contributed by atoms with E-state index < -0.39 is 0 Å². The smallest absolute Gasteiger partial charge is 0.00132 e. The fourth-order valence-corrected chi connectivity index (χ4v) is 4.04. The van der Waals surface area contributed by atoms with Crippen molar-refractivity contribution >= 4 is 0 Å². The molecule has 0 nitrogen and oxygen atoms in total. The van der Waals surface area contributed by atoms with Gasteiger partial charge in [0, 0.05) is 0 Å². The fraction of sp³-hybridized carbons (Fsp3) is 0.231. The average Bonchev–Trinajstić information content (AvgIpc) is 3.01. The van der Waals surface area contributed by atoms with Crippen LogP contribution >= 0.6 is 0 Å². The molecule has 0 heterocycles. The van der Waals surface area contributed by atoms with Gasteiger partial charge in [-0.25, -0.2) is 0 Å². The summed E-state index contributed by atoms with van der Waals surface area (Å²) in [5.41, 5.74) is 12.5. The third-order valence-corrected chi connectivity index (χ3v) is 5.69. The Hall–Kier alpha value is -2.60. The molecule has 0 saturated heterocycles. The van der Waals surface area contributed by atoms with Crippen LogP contribution in [0.2, 0.25) is 0 Å². The molecular formula is C26H26. The van der Waals surface area contributed by atoms with Crippen molar-refractivity contribution in [3.8, 4) is 22.3 Å². The number of rotatable bonds is 4. The summed E-state index contributed by atoms with van der Waals surface area (Å²) in [5.74, 6) is 0.506. The molecule has 0 radical (unpaired) electrons. The van der Waals surface area contributed by atoms with Gasteiger partial charge in [-0.05, 0) is 70.2 Å². The average molecular weight is 338 g/mol. The summed E-state index contributed by atoms with van der Waals surface area (Å²) in [7, 11) is 0. The number of aryl methyl sites for hydroxylation is 1. The Labute approximate surface area is 157 Å². The molecule has 0 N–H and O–H groups in total. The van der Waals surface area contributed by atoms with Crippen LogP contribution in [0.4, 0.5) is 0 Å². The monoisotopic (exact) mass is 338 g/mol. The SMILES string of the molecule is C=C(Cc1ccccc1-c1c(C)ccc2c1-c1ccccc1C2)C(C)C. The maximum atomic E-state index is 4.32. The summed E-state index contributed by atoms with van der Waals surface area (Å²) in [6.07, 6.45) is 1.98. The van der Waals surface area contributed by atoms with E-state index in [1.807, 2.05) is 0 Å². The zero-order chi connectivity index (χ0) is 18.3. The molecule has 0 heteroatoms. The second kappa shape index (κ2) is 6.61. The normalized spacial score (nSPS) is 12.2. The number of fused-ring (bicyclic) bond motifs is 3. The molecule has 0 aliphatic heterocycles. The summed E-state index contributed by atoms with van der Waals surface area (Å²) in [6.45, 7) is 11.0.